The molecule has 0 radical (unpaired) electrons. The quantitative estimate of drug-likeness (QED) is 0.132. The first kappa shape index (κ1) is 45.5. The maximum Gasteiger partial charge on any atom is 0.407 e. The van der Waals surface area contributed by atoms with Crippen molar-refractivity contribution in [3.05, 3.63) is 47.5 Å². The van der Waals surface area contributed by atoms with Gasteiger partial charge < -0.3 is 48.5 Å². The molecule has 2 aromatic rings. The smallest absolute Gasteiger partial charge is 0.407 e. The van der Waals surface area contributed by atoms with Crippen LogP contribution in [0.3, 0.4) is 0 Å². The van der Waals surface area contributed by atoms with Crippen molar-refractivity contribution in [2.45, 2.75) is 126 Å². The molecule has 2 saturated heterocycles. The van der Waals surface area contributed by atoms with E-state index in [0.717, 1.165) is 125 Å². The van der Waals surface area contributed by atoms with Crippen LogP contribution in [0.5, 0.6) is 23.0 Å². The number of hydrogen-bond acceptors (Lipinski definition) is 12. The average molecular weight is 839 g/mol. The Morgan fingerprint density at radius 2 is 0.983 bits per heavy atom. The lowest BCUT2D eigenvalue weighted by atomic mass is 9.91. The van der Waals surface area contributed by atoms with Crippen molar-refractivity contribution in [3.63, 3.8) is 0 Å². The van der Waals surface area contributed by atoms with Crippen LogP contribution in [-0.2, 0) is 31.8 Å². The summed E-state index contributed by atoms with van der Waals surface area (Å²) in [4.78, 5) is 30.2. The number of benzene rings is 2. The van der Waals surface area contributed by atoms with E-state index in [1.54, 1.807) is 28.4 Å². The molecule has 0 aromatic heterocycles. The number of amides is 2. The summed E-state index contributed by atoms with van der Waals surface area (Å²) in [7, 11) is 6.59. The molecule has 4 fully saturated rings. The molecule has 60 heavy (non-hydrogen) atoms. The van der Waals surface area contributed by atoms with Crippen molar-refractivity contribution in [2.75, 3.05) is 80.9 Å². The monoisotopic (exact) mass is 839 g/mol. The predicted octanol–water partition coefficient (Wildman–Crippen LogP) is 6.54. The van der Waals surface area contributed by atoms with Crippen LogP contribution in [0.4, 0.5) is 9.59 Å². The Labute approximate surface area is 357 Å². The summed E-state index contributed by atoms with van der Waals surface area (Å²) >= 11 is 0. The van der Waals surface area contributed by atoms with E-state index in [-0.39, 0.29) is 36.6 Å². The third-order valence-electron chi connectivity index (χ3n) is 12.7. The van der Waals surface area contributed by atoms with Crippen LogP contribution in [0.15, 0.2) is 36.4 Å². The van der Waals surface area contributed by atoms with Gasteiger partial charge in [0.25, 0.3) is 0 Å². The Morgan fingerprint density at radius 3 is 1.40 bits per heavy atom. The van der Waals surface area contributed by atoms with Gasteiger partial charge in [0.2, 0.25) is 0 Å². The maximum atomic E-state index is 12.7. The topological polar surface area (TPSA) is 139 Å². The third kappa shape index (κ3) is 13.3. The van der Waals surface area contributed by atoms with Crippen molar-refractivity contribution in [2.24, 2.45) is 0 Å². The lowest BCUT2D eigenvalue weighted by Crippen LogP contribution is -2.46. The van der Waals surface area contributed by atoms with Crippen molar-refractivity contribution in [1.29, 1.82) is 0 Å². The zero-order chi connectivity index (χ0) is 42.1. The highest BCUT2D eigenvalue weighted by Gasteiger charge is 2.38. The molecule has 6 atom stereocenters. The molecule has 2 aromatic carbocycles. The summed E-state index contributed by atoms with van der Waals surface area (Å²) in [6.45, 7) is 5.52. The second-order valence-electron chi connectivity index (χ2n) is 16.6. The second kappa shape index (κ2) is 23.9. The fraction of sp³-hybridized carbons (Fsp3) is 0.696. The van der Waals surface area contributed by atoms with Gasteiger partial charge in [0, 0.05) is 51.4 Å². The minimum atomic E-state index is -0.380. The summed E-state index contributed by atoms with van der Waals surface area (Å²) in [5.74, 6) is 2.91. The number of likely N-dealkylation sites (tertiary alicyclic amines) is 2. The number of carbonyl (C=O) groups is 2. The number of unbranched alkanes of at least 4 members (excludes halogenated alkanes) is 1. The largest absolute Gasteiger partial charge is 0.493 e. The Hall–Kier alpha value is -3.98. The van der Waals surface area contributed by atoms with Gasteiger partial charge in [0.15, 0.2) is 23.0 Å². The highest BCUT2D eigenvalue weighted by molar-refractivity contribution is 5.67. The number of methoxy groups -OCH3 is 4. The van der Waals surface area contributed by atoms with Crippen LogP contribution < -0.4 is 29.6 Å². The summed E-state index contributed by atoms with van der Waals surface area (Å²) in [6, 6.07) is 12.7. The molecule has 0 bridgehead atoms. The van der Waals surface area contributed by atoms with Gasteiger partial charge in [-0.3, -0.25) is 9.80 Å². The van der Waals surface area contributed by atoms with Crippen molar-refractivity contribution in [1.82, 2.24) is 20.4 Å². The van der Waals surface area contributed by atoms with Gasteiger partial charge in [-0.05, 0) is 99.6 Å². The van der Waals surface area contributed by atoms with Gasteiger partial charge in [-0.2, -0.15) is 0 Å². The van der Waals surface area contributed by atoms with Crippen LogP contribution in [0.1, 0.15) is 88.2 Å². The van der Waals surface area contributed by atoms with Gasteiger partial charge in [-0.1, -0.05) is 37.8 Å². The van der Waals surface area contributed by atoms with Gasteiger partial charge >= 0.3 is 12.2 Å². The number of hydrogen-bond donors (Lipinski definition) is 2. The minimum Gasteiger partial charge on any atom is -0.493 e. The van der Waals surface area contributed by atoms with Crippen molar-refractivity contribution >= 4 is 12.2 Å². The molecule has 2 heterocycles. The summed E-state index contributed by atoms with van der Waals surface area (Å²) in [5, 5.41) is 5.79. The minimum absolute atomic E-state index is 0.131. The van der Waals surface area contributed by atoms with Gasteiger partial charge in [-0.25, -0.2) is 9.59 Å². The lowest BCUT2D eigenvalue weighted by molar-refractivity contribution is -0.0321. The van der Waals surface area contributed by atoms with Gasteiger partial charge in [0.05, 0.1) is 53.9 Å². The first-order valence-electron chi connectivity index (χ1n) is 22.4. The van der Waals surface area contributed by atoms with Crippen LogP contribution in [0.2, 0.25) is 0 Å². The van der Waals surface area contributed by atoms with E-state index in [4.69, 9.17) is 37.9 Å². The zero-order valence-corrected chi connectivity index (χ0v) is 36.5. The molecule has 6 rings (SSSR count). The zero-order valence-electron chi connectivity index (χ0n) is 36.5. The summed E-state index contributed by atoms with van der Waals surface area (Å²) in [5.41, 5.74) is 2.31. The molecule has 2 aliphatic heterocycles. The molecule has 4 aliphatic rings. The van der Waals surface area contributed by atoms with E-state index in [1.807, 2.05) is 24.3 Å². The van der Waals surface area contributed by atoms with E-state index >= 15 is 0 Å². The van der Waals surface area contributed by atoms with E-state index in [9.17, 15) is 9.59 Å². The maximum absolute atomic E-state index is 12.7. The third-order valence-corrected chi connectivity index (χ3v) is 12.7. The predicted molar refractivity (Wildman–Crippen MR) is 229 cm³/mol. The Bertz CT molecular complexity index is 1510. The Balaban J connectivity index is 0.807. The molecule has 334 valence electrons. The average Bonchev–Trinajstić information content (AvgIpc) is 3.94. The van der Waals surface area contributed by atoms with Crippen LogP contribution in [0.25, 0.3) is 0 Å². The fourth-order valence-corrected chi connectivity index (χ4v) is 9.43. The van der Waals surface area contributed by atoms with Crippen molar-refractivity contribution < 1.29 is 47.5 Å². The van der Waals surface area contributed by atoms with Crippen molar-refractivity contribution in [3.8, 4) is 23.0 Å². The molecule has 2 unspecified atom stereocenters. The highest BCUT2D eigenvalue weighted by Crippen LogP contribution is 2.32. The van der Waals surface area contributed by atoms with Crippen LogP contribution in [-0.4, -0.2) is 139 Å². The molecular formula is C46H70N4O10. The molecule has 2 amide bonds. The number of alkyl carbamates (subject to hydrolysis) is 2. The fourth-order valence-electron chi connectivity index (χ4n) is 9.43. The molecule has 0 spiro atoms. The van der Waals surface area contributed by atoms with Crippen LogP contribution in [0, 0.1) is 0 Å². The summed E-state index contributed by atoms with van der Waals surface area (Å²) in [6.07, 6.45) is 13.1. The first-order chi connectivity index (χ1) is 29.4. The number of nitrogens with zero attached hydrogens (tertiary/aromatic N) is 2. The molecule has 2 N–H and O–H groups in total. The normalized spacial score (nSPS) is 24.7. The molecule has 14 nitrogen and oxygen atoms in total. The second-order valence-corrected chi connectivity index (χ2v) is 16.6. The Morgan fingerprint density at radius 1 is 0.567 bits per heavy atom. The Kier molecular flexibility index (Phi) is 18.1. The molecular weight excluding hydrogens is 769 g/mol. The number of nitrogens with one attached hydrogen (secondary N) is 2. The number of ether oxygens (including phenoxy) is 8. The van der Waals surface area contributed by atoms with E-state index in [0.29, 0.717) is 38.4 Å². The van der Waals surface area contributed by atoms with Gasteiger partial charge in [-0.15, -0.1) is 0 Å². The van der Waals surface area contributed by atoms with E-state index in [1.165, 1.54) is 25.7 Å². The standard InChI is InChI=1S/C46H70N4O10/c1-53-41-17-15-33(29-43(41)55-3)21-27-57-39-13-7-5-11-37(39)49-25-19-35(31-49)59-45(51)47-23-9-10-24-48-46(52)60-36-20-26-50(32-36)38-12-6-8-14-40(38)58-28-22-34-16-18-42(54-2)44(30-34)56-4/h15-18,29-30,35-40H,5-14,19-28,31-32H2,1-4H3,(H,47,51)(H,48,52)/t35-,36?,37?,38-,39-,40-/m1/s1. The van der Waals surface area contributed by atoms with E-state index < -0.39 is 0 Å². The number of rotatable bonds is 21. The summed E-state index contributed by atoms with van der Waals surface area (Å²) < 4.78 is 46.2. The lowest BCUT2D eigenvalue weighted by Gasteiger charge is -2.37. The SMILES string of the molecule is COc1ccc(CCO[C@@H]2CCCCC2N2CC[C@@H](OC(=O)NCCCCNC(=O)OC3CCN([C@@H]4CCCC[C@H]4OCCc4ccc(OC)c(OC)c4)C3)C2)cc1OC. The van der Waals surface area contributed by atoms with Crippen LogP contribution >= 0.6 is 0 Å². The van der Waals surface area contributed by atoms with Gasteiger partial charge in [0.1, 0.15) is 12.2 Å². The molecule has 2 saturated carbocycles. The molecule has 2 aliphatic carbocycles. The molecule has 14 heteroatoms. The highest BCUT2D eigenvalue weighted by atomic mass is 16.6. The number of carbonyl (C=O) groups excluding carboxylic acids is 2. The van der Waals surface area contributed by atoms with E-state index in [2.05, 4.69) is 32.6 Å². The first-order valence-corrected chi connectivity index (χ1v) is 22.4.